The zero-order valence-corrected chi connectivity index (χ0v) is 11.8. The Labute approximate surface area is 118 Å². The zero-order chi connectivity index (χ0) is 15.0. The minimum atomic E-state index is -1.04. The molecule has 1 rings (SSSR count). The second kappa shape index (κ2) is 8.16. The standard InChI is InChI=1S/C14H21N3O3/c1-17(2)9-8-15-14(20)16-12(13(18)19)10-11-6-4-3-5-7-11/h3-7,12H,8-10H2,1-2H3,(H,18,19)(H2,15,16,20). The summed E-state index contributed by atoms with van der Waals surface area (Å²) in [5.41, 5.74) is 0.869. The normalized spacial score (nSPS) is 11.9. The molecule has 2 amide bonds. The van der Waals surface area contributed by atoms with Crippen LogP contribution in [0.25, 0.3) is 0 Å². The fourth-order valence-corrected chi connectivity index (χ4v) is 1.65. The Kier molecular flexibility index (Phi) is 6.52. The Morgan fingerprint density at radius 3 is 2.45 bits per heavy atom. The lowest BCUT2D eigenvalue weighted by Crippen LogP contribution is -2.48. The van der Waals surface area contributed by atoms with E-state index in [1.165, 1.54) is 0 Å². The molecule has 0 heterocycles. The molecule has 0 aromatic heterocycles. The predicted molar refractivity (Wildman–Crippen MR) is 76.7 cm³/mol. The number of carboxylic acids is 1. The van der Waals surface area contributed by atoms with E-state index in [-0.39, 0.29) is 6.42 Å². The molecule has 20 heavy (non-hydrogen) atoms. The zero-order valence-electron chi connectivity index (χ0n) is 11.8. The lowest BCUT2D eigenvalue weighted by molar-refractivity contribution is -0.139. The van der Waals surface area contributed by atoms with E-state index < -0.39 is 18.0 Å². The van der Waals surface area contributed by atoms with Crippen molar-refractivity contribution in [2.45, 2.75) is 12.5 Å². The molecule has 0 aliphatic rings. The second-order valence-corrected chi connectivity index (χ2v) is 4.78. The molecular weight excluding hydrogens is 258 g/mol. The molecule has 110 valence electrons. The van der Waals surface area contributed by atoms with Gasteiger partial charge in [-0.1, -0.05) is 30.3 Å². The Morgan fingerprint density at radius 2 is 1.90 bits per heavy atom. The van der Waals surface area contributed by atoms with Crippen LogP contribution in [0.4, 0.5) is 4.79 Å². The minimum Gasteiger partial charge on any atom is -0.480 e. The van der Waals surface area contributed by atoms with Gasteiger partial charge in [0, 0.05) is 19.5 Å². The maximum Gasteiger partial charge on any atom is 0.326 e. The van der Waals surface area contributed by atoms with Gasteiger partial charge in [-0.15, -0.1) is 0 Å². The molecule has 1 atom stereocenters. The molecule has 0 saturated heterocycles. The van der Waals surface area contributed by atoms with Gasteiger partial charge in [-0.3, -0.25) is 0 Å². The lowest BCUT2D eigenvalue weighted by Gasteiger charge is -2.16. The number of carbonyl (C=O) groups excluding carboxylic acids is 1. The van der Waals surface area contributed by atoms with E-state index in [1.807, 2.05) is 49.3 Å². The summed E-state index contributed by atoms with van der Waals surface area (Å²) < 4.78 is 0. The number of amides is 2. The number of urea groups is 1. The minimum absolute atomic E-state index is 0.261. The van der Waals surface area contributed by atoms with Crippen LogP contribution in [-0.2, 0) is 11.2 Å². The van der Waals surface area contributed by atoms with Gasteiger partial charge in [0.25, 0.3) is 0 Å². The number of carbonyl (C=O) groups is 2. The van der Waals surface area contributed by atoms with Crippen LogP contribution in [0.3, 0.4) is 0 Å². The van der Waals surface area contributed by atoms with E-state index in [2.05, 4.69) is 10.6 Å². The molecule has 6 heteroatoms. The summed E-state index contributed by atoms with van der Waals surface area (Å²) in [5, 5.41) is 14.2. The van der Waals surface area contributed by atoms with Gasteiger partial charge in [-0.2, -0.15) is 0 Å². The third kappa shape index (κ3) is 6.19. The molecule has 0 spiro atoms. The van der Waals surface area contributed by atoms with Gasteiger partial charge in [0.15, 0.2) is 0 Å². The first-order chi connectivity index (χ1) is 9.49. The van der Waals surface area contributed by atoms with Crippen LogP contribution in [0.15, 0.2) is 30.3 Å². The molecule has 0 aliphatic carbocycles. The first-order valence-electron chi connectivity index (χ1n) is 6.45. The van der Waals surface area contributed by atoms with Crippen molar-refractivity contribution in [3.63, 3.8) is 0 Å². The SMILES string of the molecule is CN(C)CCNC(=O)NC(Cc1ccccc1)C(=O)O. The monoisotopic (exact) mass is 279 g/mol. The number of hydrogen-bond donors (Lipinski definition) is 3. The summed E-state index contributed by atoms with van der Waals surface area (Å²) in [6.07, 6.45) is 0.261. The summed E-state index contributed by atoms with van der Waals surface area (Å²) in [5.74, 6) is -1.04. The second-order valence-electron chi connectivity index (χ2n) is 4.78. The maximum atomic E-state index is 11.6. The van der Waals surface area contributed by atoms with Crippen LogP contribution in [0, 0.1) is 0 Å². The van der Waals surface area contributed by atoms with Crippen molar-refractivity contribution in [2.75, 3.05) is 27.2 Å². The summed E-state index contributed by atoms with van der Waals surface area (Å²) in [6, 6.07) is 7.81. The van der Waals surface area contributed by atoms with Gasteiger partial charge in [0.05, 0.1) is 0 Å². The van der Waals surface area contributed by atoms with Crippen LogP contribution in [0.5, 0.6) is 0 Å². The number of likely N-dealkylation sites (N-methyl/N-ethyl adjacent to an activating group) is 1. The highest BCUT2D eigenvalue weighted by atomic mass is 16.4. The van der Waals surface area contributed by atoms with E-state index in [4.69, 9.17) is 5.11 Å². The van der Waals surface area contributed by atoms with Crippen LogP contribution >= 0.6 is 0 Å². The van der Waals surface area contributed by atoms with Gasteiger partial charge in [0.1, 0.15) is 6.04 Å². The van der Waals surface area contributed by atoms with Gasteiger partial charge in [-0.05, 0) is 19.7 Å². The summed E-state index contributed by atoms with van der Waals surface area (Å²) in [6.45, 7) is 1.17. The molecule has 0 saturated carbocycles. The Morgan fingerprint density at radius 1 is 1.25 bits per heavy atom. The maximum absolute atomic E-state index is 11.6. The van der Waals surface area contributed by atoms with E-state index >= 15 is 0 Å². The molecule has 0 radical (unpaired) electrons. The Balaban J connectivity index is 2.47. The highest BCUT2D eigenvalue weighted by Crippen LogP contribution is 2.03. The molecule has 0 fully saturated rings. The number of benzene rings is 1. The Hall–Kier alpha value is -2.08. The summed E-state index contributed by atoms with van der Waals surface area (Å²) in [4.78, 5) is 24.7. The molecule has 3 N–H and O–H groups in total. The topological polar surface area (TPSA) is 81.7 Å². The predicted octanol–water partition coefficient (Wildman–Crippen LogP) is 0.543. The molecule has 1 unspecified atom stereocenters. The quantitative estimate of drug-likeness (QED) is 0.680. The first kappa shape index (κ1) is 16.0. The highest BCUT2D eigenvalue weighted by Gasteiger charge is 2.19. The van der Waals surface area contributed by atoms with E-state index in [9.17, 15) is 9.59 Å². The van der Waals surface area contributed by atoms with Gasteiger partial charge >= 0.3 is 12.0 Å². The van der Waals surface area contributed by atoms with Crippen molar-refractivity contribution in [3.05, 3.63) is 35.9 Å². The Bertz CT molecular complexity index is 435. The van der Waals surface area contributed by atoms with Crippen LogP contribution < -0.4 is 10.6 Å². The van der Waals surface area contributed by atoms with Crippen molar-refractivity contribution < 1.29 is 14.7 Å². The van der Waals surface area contributed by atoms with E-state index in [1.54, 1.807) is 0 Å². The molecule has 0 bridgehead atoms. The number of carboxylic acid groups (broad SMARTS) is 1. The molecule has 0 aliphatic heterocycles. The number of nitrogens with one attached hydrogen (secondary N) is 2. The van der Waals surface area contributed by atoms with Crippen LogP contribution in [0.2, 0.25) is 0 Å². The van der Waals surface area contributed by atoms with Crippen LogP contribution in [0.1, 0.15) is 5.56 Å². The third-order valence-electron chi connectivity index (χ3n) is 2.73. The average Bonchev–Trinajstić information content (AvgIpc) is 2.38. The number of aliphatic carboxylic acids is 1. The molecular formula is C14H21N3O3. The van der Waals surface area contributed by atoms with Crippen molar-refractivity contribution in [3.8, 4) is 0 Å². The lowest BCUT2D eigenvalue weighted by atomic mass is 10.1. The van der Waals surface area contributed by atoms with E-state index in [0.717, 1.165) is 5.56 Å². The van der Waals surface area contributed by atoms with Crippen molar-refractivity contribution in [1.82, 2.24) is 15.5 Å². The van der Waals surface area contributed by atoms with Crippen LogP contribution in [-0.4, -0.2) is 55.2 Å². The van der Waals surface area contributed by atoms with Gasteiger partial charge in [-0.25, -0.2) is 9.59 Å². The third-order valence-corrected chi connectivity index (χ3v) is 2.73. The van der Waals surface area contributed by atoms with Crippen molar-refractivity contribution in [1.29, 1.82) is 0 Å². The largest absolute Gasteiger partial charge is 0.480 e. The fourth-order valence-electron chi connectivity index (χ4n) is 1.65. The number of rotatable bonds is 7. The number of nitrogens with zero attached hydrogens (tertiary/aromatic N) is 1. The van der Waals surface area contributed by atoms with Gasteiger partial charge < -0.3 is 20.6 Å². The van der Waals surface area contributed by atoms with E-state index in [0.29, 0.717) is 13.1 Å². The van der Waals surface area contributed by atoms with Gasteiger partial charge in [0.2, 0.25) is 0 Å². The molecule has 1 aromatic rings. The summed E-state index contributed by atoms with van der Waals surface area (Å²) in [7, 11) is 3.80. The average molecular weight is 279 g/mol. The van der Waals surface area contributed by atoms with Crippen molar-refractivity contribution in [2.24, 2.45) is 0 Å². The molecule has 6 nitrogen and oxygen atoms in total. The fraction of sp³-hybridized carbons (Fsp3) is 0.429. The highest BCUT2D eigenvalue weighted by molar-refractivity contribution is 5.82. The molecule has 1 aromatic carbocycles. The first-order valence-corrected chi connectivity index (χ1v) is 6.45. The summed E-state index contributed by atoms with van der Waals surface area (Å²) >= 11 is 0. The van der Waals surface area contributed by atoms with Crippen molar-refractivity contribution >= 4 is 12.0 Å². The number of hydrogen-bond acceptors (Lipinski definition) is 3. The smallest absolute Gasteiger partial charge is 0.326 e.